The second-order valence-corrected chi connectivity index (χ2v) is 8.02. The molecule has 0 saturated heterocycles. The van der Waals surface area contributed by atoms with E-state index < -0.39 is 0 Å². The number of rotatable bonds is 4. The van der Waals surface area contributed by atoms with Crippen LogP contribution in [-0.4, -0.2) is 30.2 Å². The molecule has 2 aliphatic rings. The minimum atomic E-state index is 0.0163. The standard InChI is InChI=1S/C19H26N2O2S/c1-14-6-8-15(9-7-14)20-18(22)10-11-19(23)21-12-13-24-17-5-3-2-4-16(17)21/h2-5,14-15H,6-13H2,1H3,(H,20,22). The fourth-order valence-corrected chi connectivity index (χ4v) is 4.48. The summed E-state index contributed by atoms with van der Waals surface area (Å²) in [4.78, 5) is 27.7. The monoisotopic (exact) mass is 346 g/mol. The number of hydrogen-bond donors (Lipinski definition) is 1. The molecule has 1 aromatic rings. The summed E-state index contributed by atoms with van der Waals surface area (Å²) >= 11 is 1.78. The number of hydrogen-bond acceptors (Lipinski definition) is 3. The molecule has 2 amide bonds. The molecule has 5 heteroatoms. The van der Waals surface area contributed by atoms with Crippen molar-refractivity contribution >= 4 is 29.3 Å². The van der Waals surface area contributed by atoms with Gasteiger partial charge in [-0.05, 0) is 43.7 Å². The Kier molecular flexibility index (Phi) is 5.82. The van der Waals surface area contributed by atoms with Crippen LogP contribution in [0.2, 0.25) is 0 Å². The molecule has 0 atom stereocenters. The van der Waals surface area contributed by atoms with E-state index in [1.807, 2.05) is 23.1 Å². The molecule has 130 valence electrons. The molecule has 1 aliphatic carbocycles. The summed E-state index contributed by atoms with van der Waals surface area (Å²) < 4.78 is 0. The van der Waals surface area contributed by atoms with Crippen LogP contribution in [-0.2, 0) is 9.59 Å². The van der Waals surface area contributed by atoms with E-state index >= 15 is 0 Å². The fraction of sp³-hybridized carbons (Fsp3) is 0.579. The highest BCUT2D eigenvalue weighted by atomic mass is 32.2. The Labute approximate surface area is 148 Å². The van der Waals surface area contributed by atoms with E-state index in [-0.39, 0.29) is 24.7 Å². The molecule has 4 nitrogen and oxygen atoms in total. The van der Waals surface area contributed by atoms with E-state index in [0.29, 0.717) is 6.04 Å². The molecule has 1 aliphatic heterocycles. The van der Waals surface area contributed by atoms with E-state index in [1.165, 1.54) is 12.8 Å². The van der Waals surface area contributed by atoms with Crippen molar-refractivity contribution in [1.82, 2.24) is 5.32 Å². The van der Waals surface area contributed by atoms with E-state index in [9.17, 15) is 9.59 Å². The highest BCUT2D eigenvalue weighted by Gasteiger charge is 2.24. The molecule has 1 fully saturated rings. The van der Waals surface area contributed by atoms with Crippen molar-refractivity contribution in [3.63, 3.8) is 0 Å². The fourth-order valence-electron chi connectivity index (χ4n) is 3.49. The Balaban J connectivity index is 1.48. The lowest BCUT2D eigenvalue weighted by atomic mass is 9.87. The number of nitrogens with one attached hydrogen (secondary N) is 1. The zero-order valence-electron chi connectivity index (χ0n) is 14.3. The summed E-state index contributed by atoms with van der Waals surface area (Å²) in [5, 5.41) is 3.10. The summed E-state index contributed by atoms with van der Waals surface area (Å²) in [7, 11) is 0. The largest absolute Gasteiger partial charge is 0.353 e. The lowest BCUT2D eigenvalue weighted by Gasteiger charge is -2.29. The third-order valence-electron chi connectivity index (χ3n) is 4.98. The molecule has 0 bridgehead atoms. The molecular formula is C19H26N2O2S. The first-order valence-electron chi connectivity index (χ1n) is 8.95. The van der Waals surface area contributed by atoms with Crippen molar-refractivity contribution in [3.8, 4) is 0 Å². The van der Waals surface area contributed by atoms with Crippen molar-refractivity contribution in [1.29, 1.82) is 0 Å². The van der Waals surface area contributed by atoms with E-state index in [0.717, 1.165) is 41.6 Å². The van der Waals surface area contributed by atoms with Gasteiger partial charge in [-0.2, -0.15) is 0 Å². The third kappa shape index (κ3) is 4.32. The second-order valence-electron chi connectivity index (χ2n) is 6.89. The number of para-hydroxylation sites is 1. The van der Waals surface area contributed by atoms with Crippen molar-refractivity contribution in [2.24, 2.45) is 5.92 Å². The van der Waals surface area contributed by atoms with Crippen molar-refractivity contribution < 1.29 is 9.59 Å². The molecule has 1 aromatic carbocycles. The van der Waals surface area contributed by atoms with Crippen LogP contribution in [0, 0.1) is 5.92 Å². The number of fused-ring (bicyclic) bond motifs is 1. The normalized spacial score (nSPS) is 23.5. The average Bonchev–Trinajstić information content (AvgIpc) is 2.61. The molecule has 0 aromatic heterocycles. The van der Waals surface area contributed by atoms with Gasteiger partial charge in [-0.25, -0.2) is 0 Å². The molecular weight excluding hydrogens is 320 g/mol. The van der Waals surface area contributed by atoms with E-state index in [1.54, 1.807) is 11.8 Å². The van der Waals surface area contributed by atoms with Gasteiger partial charge in [0.15, 0.2) is 0 Å². The van der Waals surface area contributed by atoms with Crippen LogP contribution >= 0.6 is 11.8 Å². The molecule has 0 radical (unpaired) electrons. The smallest absolute Gasteiger partial charge is 0.227 e. The maximum atomic E-state index is 12.5. The van der Waals surface area contributed by atoms with Gasteiger partial charge in [0, 0.05) is 36.1 Å². The van der Waals surface area contributed by atoms with Gasteiger partial charge < -0.3 is 10.2 Å². The third-order valence-corrected chi connectivity index (χ3v) is 6.02. The van der Waals surface area contributed by atoms with Gasteiger partial charge in [-0.3, -0.25) is 9.59 Å². The van der Waals surface area contributed by atoms with Gasteiger partial charge in [0.2, 0.25) is 11.8 Å². The van der Waals surface area contributed by atoms with Crippen LogP contribution in [0.15, 0.2) is 29.2 Å². The second kappa shape index (κ2) is 8.06. The Morgan fingerprint density at radius 2 is 1.92 bits per heavy atom. The Morgan fingerprint density at radius 3 is 2.71 bits per heavy atom. The van der Waals surface area contributed by atoms with Crippen molar-refractivity contribution in [3.05, 3.63) is 24.3 Å². The number of anilines is 1. The predicted molar refractivity (Wildman–Crippen MR) is 98.3 cm³/mol. The summed E-state index contributed by atoms with van der Waals surface area (Å²) in [6, 6.07) is 8.30. The van der Waals surface area contributed by atoms with Gasteiger partial charge in [0.1, 0.15) is 0 Å². The molecule has 0 unspecified atom stereocenters. The predicted octanol–water partition coefficient (Wildman–Crippen LogP) is 3.60. The van der Waals surface area contributed by atoms with Crippen molar-refractivity contribution in [2.75, 3.05) is 17.2 Å². The Hall–Kier alpha value is -1.49. The lowest BCUT2D eigenvalue weighted by molar-refractivity contribution is -0.125. The van der Waals surface area contributed by atoms with Crippen LogP contribution in [0.4, 0.5) is 5.69 Å². The van der Waals surface area contributed by atoms with Gasteiger partial charge in [-0.1, -0.05) is 19.1 Å². The molecule has 24 heavy (non-hydrogen) atoms. The quantitative estimate of drug-likeness (QED) is 0.906. The van der Waals surface area contributed by atoms with E-state index in [2.05, 4.69) is 18.3 Å². The van der Waals surface area contributed by atoms with Gasteiger partial charge in [0.25, 0.3) is 0 Å². The SMILES string of the molecule is CC1CCC(NC(=O)CCC(=O)N2CCSc3ccccc32)CC1. The number of carbonyl (C=O) groups is 2. The molecule has 3 rings (SSSR count). The van der Waals surface area contributed by atoms with Crippen LogP contribution in [0.25, 0.3) is 0 Å². The van der Waals surface area contributed by atoms with Gasteiger partial charge in [-0.15, -0.1) is 11.8 Å². The highest BCUT2D eigenvalue weighted by Crippen LogP contribution is 2.34. The highest BCUT2D eigenvalue weighted by molar-refractivity contribution is 7.99. The molecule has 1 saturated carbocycles. The summed E-state index contributed by atoms with van der Waals surface area (Å²) in [6.07, 6.45) is 5.08. The van der Waals surface area contributed by atoms with Crippen molar-refractivity contribution in [2.45, 2.75) is 56.4 Å². The van der Waals surface area contributed by atoms with E-state index in [4.69, 9.17) is 0 Å². The van der Waals surface area contributed by atoms with Gasteiger partial charge >= 0.3 is 0 Å². The zero-order valence-corrected chi connectivity index (χ0v) is 15.1. The zero-order chi connectivity index (χ0) is 16.9. The number of thioether (sulfide) groups is 1. The Morgan fingerprint density at radius 1 is 1.17 bits per heavy atom. The molecule has 1 N–H and O–H groups in total. The van der Waals surface area contributed by atoms with Gasteiger partial charge in [0.05, 0.1) is 5.69 Å². The number of nitrogens with zero attached hydrogens (tertiary/aromatic N) is 1. The molecule has 1 heterocycles. The minimum absolute atomic E-state index is 0.0163. The Bertz CT molecular complexity index is 597. The molecule has 0 spiro atoms. The summed E-state index contributed by atoms with van der Waals surface area (Å²) in [5.41, 5.74) is 0.987. The number of benzene rings is 1. The first kappa shape index (κ1) is 17.3. The number of carbonyl (C=O) groups excluding carboxylic acids is 2. The van der Waals surface area contributed by atoms with Crippen LogP contribution in [0.3, 0.4) is 0 Å². The first-order valence-corrected chi connectivity index (χ1v) is 9.93. The van der Waals surface area contributed by atoms with Crippen LogP contribution in [0.5, 0.6) is 0 Å². The lowest BCUT2D eigenvalue weighted by Crippen LogP contribution is -2.39. The summed E-state index contributed by atoms with van der Waals surface area (Å²) in [5.74, 6) is 1.75. The minimum Gasteiger partial charge on any atom is -0.353 e. The number of amides is 2. The maximum Gasteiger partial charge on any atom is 0.227 e. The summed E-state index contributed by atoms with van der Waals surface area (Å²) in [6.45, 7) is 2.99. The topological polar surface area (TPSA) is 49.4 Å². The maximum absolute atomic E-state index is 12.5. The first-order chi connectivity index (χ1) is 11.6. The average molecular weight is 346 g/mol. The van der Waals surface area contributed by atoms with Crippen LogP contribution in [0.1, 0.15) is 45.4 Å². The van der Waals surface area contributed by atoms with Crippen LogP contribution < -0.4 is 10.2 Å².